The largest absolute Gasteiger partial charge is 0.482 e. The molecular weight excluding hydrogens is 379 g/mol. The Bertz CT molecular complexity index is 488. The first kappa shape index (κ1) is 18.6. The third-order valence-electron chi connectivity index (χ3n) is 3.38. The Balaban J connectivity index is 0.00000220. The molecule has 0 saturated carbocycles. The summed E-state index contributed by atoms with van der Waals surface area (Å²) in [4.78, 5) is 11.9. The molecule has 0 spiro atoms. The highest BCUT2D eigenvalue weighted by Gasteiger charge is 2.22. The highest BCUT2D eigenvalue weighted by Crippen LogP contribution is 2.27. The van der Waals surface area contributed by atoms with E-state index in [-0.39, 0.29) is 31.0 Å². The minimum Gasteiger partial charge on any atom is -0.482 e. The summed E-state index contributed by atoms with van der Waals surface area (Å²) in [6, 6.07) is 5.53. The standard InChI is InChI=1S/C14H18BrClN2O2.ClH/c1-9-7-17-5-4-12(9)18-14(19)8-20-13-3-2-10(15)6-11(13)16;/h2-3,6,9,12,17H,4-5,7-8H2,1H3,(H,18,19);1H. The molecule has 0 aliphatic carbocycles. The van der Waals surface area contributed by atoms with E-state index >= 15 is 0 Å². The van der Waals surface area contributed by atoms with Crippen LogP contribution < -0.4 is 15.4 Å². The Morgan fingerprint density at radius 1 is 1.57 bits per heavy atom. The van der Waals surface area contributed by atoms with E-state index < -0.39 is 0 Å². The Morgan fingerprint density at radius 2 is 2.33 bits per heavy atom. The predicted octanol–water partition coefficient (Wildman–Crippen LogP) is 3.02. The summed E-state index contributed by atoms with van der Waals surface area (Å²) in [6.07, 6.45) is 0.950. The Kier molecular flexibility index (Phi) is 7.81. The van der Waals surface area contributed by atoms with Gasteiger partial charge in [-0.1, -0.05) is 34.5 Å². The van der Waals surface area contributed by atoms with Gasteiger partial charge in [0.2, 0.25) is 0 Å². The second-order valence-corrected chi connectivity index (χ2v) is 6.33. The van der Waals surface area contributed by atoms with Gasteiger partial charge in [0.15, 0.2) is 6.61 Å². The summed E-state index contributed by atoms with van der Waals surface area (Å²) in [5.74, 6) is 0.843. The zero-order valence-electron chi connectivity index (χ0n) is 11.7. The maximum Gasteiger partial charge on any atom is 0.258 e. The number of hydrogen-bond donors (Lipinski definition) is 2. The van der Waals surface area contributed by atoms with Gasteiger partial charge in [0.25, 0.3) is 5.91 Å². The summed E-state index contributed by atoms with van der Waals surface area (Å²) in [5.41, 5.74) is 0. The van der Waals surface area contributed by atoms with Crippen molar-refractivity contribution in [2.45, 2.75) is 19.4 Å². The Morgan fingerprint density at radius 3 is 3.00 bits per heavy atom. The van der Waals surface area contributed by atoms with Crippen LogP contribution in [0.15, 0.2) is 22.7 Å². The Labute approximate surface area is 144 Å². The van der Waals surface area contributed by atoms with E-state index in [1.165, 1.54) is 0 Å². The SMILES string of the molecule is CC1CNCCC1NC(=O)COc1ccc(Br)cc1Cl.Cl. The van der Waals surface area contributed by atoms with Gasteiger partial charge < -0.3 is 15.4 Å². The van der Waals surface area contributed by atoms with E-state index in [0.29, 0.717) is 16.7 Å². The van der Waals surface area contributed by atoms with Crippen LogP contribution in [0.3, 0.4) is 0 Å². The smallest absolute Gasteiger partial charge is 0.258 e. The molecule has 2 N–H and O–H groups in total. The number of carbonyl (C=O) groups is 1. The zero-order valence-corrected chi connectivity index (χ0v) is 14.9. The first-order valence-corrected chi connectivity index (χ1v) is 7.81. The second kappa shape index (κ2) is 8.83. The molecule has 2 atom stereocenters. The number of hydrogen-bond acceptors (Lipinski definition) is 3. The van der Waals surface area contributed by atoms with Crippen molar-refractivity contribution in [2.24, 2.45) is 5.92 Å². The molecule has 2 unspecified atom stereocenters. The van der Waals surface area contributed by atoms with Crippen LogP contribution in [0.2, 0.25) is 5.02 Å². The lowest BCUT2D eigenvalue weighted by Crippen LogP contribution is -2.49. The summed E-state index contributed by atoms with van der Waals surface area (Å²) in [7, 11) is 0. The quantitative estimate of drug-likeness (QED) is 0.820. The first-order valence-electron chi connectivity index (χ1n) is 6.64. The molecule has 1 aliphatic rings. The van der Waals surface area contributed by atoms with Gasteiger partial charge >= 0.3 is 0 Å². The lowest BCUT2D eigenvalue weighted by Gasteiger charge is -2.30. The number of nitrogens with one attached hydrogen (secondary N) is 2. The fourth-order valence-corrected chi connectivity index (χ4v) is 2.94. The Hall–Kier alpha value is -0.490. The van der Waals surface area contributed by atoms with Crippen LogP contribution in [-0.4, -0.2) is 31.6 Å². The average Bonchev–Trinajstić information content (AvgIpc) is 2.40. The molecule has 1 aromatic rings. The molecule has 1 heterocycles. The van der Waals surface area contributed by atoms with Crippen LogP contribution in [-0.2, 0) is 4.79 Å². The maximum atomic E-state index is 11.9. The number of rotatable bonds is 4. The number of benzene rings is 1. The molecule has 4 nitrogen and oxygen atoms in total. The third kappa shape index (κ3) is 5.66. The van der Waals surface area contributed by atoms with Crippen LogP contribution in [0.4, 0.5) is 0 Å². The first-order chi connectivity index (χ1) is 9.56. The normalized spacial score (nSPS) is 21.3. The topological polar surface area (TPSA) is 50.4 Å². The van der Waals surface area contributed by atoms with E-state index in [1.807, 2.05) is 6.07 Å². The number of halogens is 3. The van der Waals surface area contributed by atoms with Crippen molar-refractivity contribution >= 4 is 45.8 Å². The minimum atomic E-state index is -0.109. The molecule has 118 valence electrons. The monoisotopic (exact) mass is 396 g/mol. The average molecular weight is 398 g/mol. The van der Waals surface area contributed by atoms with Crippen molar-refractivity contribution in [2.75, 3.05) is 19.7 Å². The van der Waals surface area contributed by atoms with Crippen molar-refractivity contribution < 1.29 is 9.53 Å². The van der Waals surface area contributed by atoms with Gasteiger partial charge in [-0.05, 0) is 43.6 Å². The number of amides is 1. The molecule has 1 aromatic carbocycles. The fourth-order valence-electron chi connectivity index (χ4n) is 2.21. The highest BCUT2D eigenvalue weighted by atomic mass is 79.9. The lowest BCUT2D eigenvalue weighted by atomic mass is 9.95. The van der Waals surface area contributed by atoms with Gasteiger partial charge in [-0.3, -0.25) is 4.79 Å². The van der Waals surface area contributed by atoms with Crippen molar-refractivity contribution in [3.05, 3.63) is 27.7 Å². The van der Waals surface area contributed by atoms with E-state index in [1.54, 1.807) is 12.1 Å². The van der Waals surface area contributed by atoms with Crippen molar-refractivity contribution in [3.63, 3.8) is 0 Å². The molecule has 0 radical (unpaired) electrons. The molecular formula is C14H19BrCl2N2O2. The molecule has 0 bridgehead atoms. The number of carbonyl (C=O) groups excluding carboxylic acids is 1. The van der Waals surface area contributed by atoms with Crippen molar-refractivity contribution in [3.8, 4) is 5.75 Å². The third-order valence-corrected chi connectivity index (χ3v) is 4.17. The number of piperidine rings is 1. The number of ether oxygens (including phenoxy) is 1. The summed E-state index contributed by atoms with van der Waals surface area (Å²) < 4.78 is 6.33. The molecule has 1 fully saturated rings. The second-order valence-electron chi connectivity index (χ2n) is 5.01. The van der Waals surface area contributed by atoms with Crippen molar-refractivity contribution in [1.29, 1.82) is 0 Å². The van der Waals surface area contributed by atoms with Gasteiger partial charge in [0.05, 0.1) is 5.02 Å². The molecule has 21 heavy (non-hydrogen) atoms. The van der Waals surface area contributed by atoms with Crippen LogP contribution in [0, 0.1) is 5.92 Å². The molecule has 7 heteroatoms. The van der Waals surface area contributed by atoms with E-state index in [4.69, 9.17) is 16.3 Å². The summed E-state index contributed by atoms with van der Waals surface area (Å²) >= 11 is 9.36. The summed E-state index contributed by atoms with van der Waals surface area (Å²) in [5, 5.41) is 6.81. The molecule has 2 rings (SSSR count). The van der Waals surface area contributed by atoms with Crippen LogP contribution in [0.1, 0.15) is 13.3 Å². The van der Waals surface area contributed by atoms with E-state index in [9.17, 15) is 4.79 Å². The molecule has 0 aromatic heterocycles. The fraction of sp³-hybridized carbons (Fsp3) is 0.500. The highest BCUT2D eigenvalue weighted by molar-refractivity contribution is 9.10. The molecule has 1 saturated heterocycles. The van der Waals surface area contributed by atoms with Gasteiger partial charge in [-0.15, -0.1) is 12.4 Å². The molecule has 1 aliphatic heterocycles. The van der Waals surface area contributed by atoms with Crippen LogP contribution in [0.5, 0.6) is 5.75 Å². The maximum absolute atomic E-state index is 11.9. The lowest BCUT2D eigenvalue weighted by molar-refractivity contribution is -0.124. The van der Waals surface area contributed by atoms with E-state index in [0.717, 1.165) is 24.0 Å². The van der Waals surface area contributed by atoms with Crippen molar-refractivity contribution in [1.82, 2.24) is 10.6 Å². The molecule has 1 amide bonds. The predicted molar refractivity (Wildman–Crippen MR) is 90.5 cm³/mol. The minimum absolute atomic E-state index is 0. The summed E-state index contributed by atoms with van der Waals surface area (Å²) in [6.45, 7) is 3.99. The van der Waals surface area contributed by atoms with Gasteiger partial charge in [0.1, 0.15) is 5.75 Å². The van der Waals surface area contributed by atoms with Crippen LogP contribution in [0.25, 0.3) is 0 Å². The zero-order chi connectivity index (χ0) is 14.5. The van der Waals surface area contributed by atoms with E-state index in [2.05, 4.69) is 33.5 Å². The van der Waals surface area contributed by atoms with Gasteiger partial charge in [-0.2, -0.15) is 0 Å². The van der Waals surface area contributed by atoms with Crippen LogP contribution >= 0.6 is 39.9 Å². The van der Waals surface area contributed by atoms with Gasteiger partial charge in [-0.25, -0.2) is 0 Å². The van der Waals surface area contributed by atoms with Gasteiger partial charge in [0, 0.05) is 10.5 Å².